The fraction of sp³-hybridized carbons (Fsp3) is 0.632. The van der Waals surface area contributed by atoms with E-state index in [9.17, 15) is 13.2 Å². The molecule has 6 nitrogen and oxygen atoms in total. The van der Waals surface area contributed by atoms with Gasteiger partial charge < -0.3 is 10.1 Å². The van der Waals surface area contributed by atoms with E-state index in [2.05, 4.69) is 5.32 Å². The molecule has 1 aromatic rings. The summed E-state index contributed by atoms with van der Waals surface area (Å²) in [6.07, 6.45) is 6.77. The van der Waals surface area contributed by atoms with Crippen molar-refractivity contribution in [1.29, 1.82) is 0 Å². The van der Waals surface area contributed by atoms with Crippen LogP contribution in [0.25, 0.3) is 0 Å². The SMILES string of the molecule is CCOc1ccc(S(=O)(=O)N2CCCCC2)cc1NC(=O)C1CCCC1. The van der Waals surface area contributed by atoms with Crippen molar-refractivity contribution >= 4 is 21.6 Å². The molecule has 3 rings (SSSR count). The number of piperidine rings is 1. The first-order chi connectivity index (χ1) is 12.5. The van der Waals surface area contributed by atoms with Crippen molar-refractivity contribution in [2.24, 2.45) is 5.92 Å². The van der Waals surface area contributed by atoms with Gasteiger partial charge in [0.25, 0.3) is 0 Å². The second-order valence-electron chi connectivity index (χ2n) is 7.03. The van der Waals surface area contributed by atoms with Crippen molar-refractivity contribution in [2.45, 2.75) is 56.8 Å². The molecule has 1 N–H and O–H groups in total. The molecule has 7 heteroatoms. The third kappa shape index (κ3) is 4.20. The number of nitrogens with zero attached hydrogens (tertiary/aromatic N) is 1. The summed E-state index contributed by atoms with van der Waals surface area (Å²) in [5.74, 6) is 0.472. The van der Waals surface area contributed by atoms with Gasteiger partial charge in [0.15, 0.2) is 0 Å². The molecular formula is C19H28N2O4S. The molecule has 26 heavy (non-hydrogen) atoms. The highest BCUT2D eigenvalue weighted by atomic mass is 32.2. The lowest BCUT2D eigenvalue weighted by Crippen LogP contribution is -2.35. The summed E-state index contributed by atoms with van der Waals surface area (Å²) in [4.78, 5) is 12.7. The zero-order valence-electron chi connectivity index (χ0n) is 15.4. The molecule has 1 saturated carbocycles. The number of ether oxygens (including phenoxy) is 1. The van der Waals surface area contributed by atoms with Gasteiger partial charge >= 0.3 is 0 Å². The van der Waals surface area contributed by atoms with E-state index in [1.165, 1.54) is 4.31 Å². The van der Waals surface area contributed by atoms with Gasteiger partial charge in [-0.15, -0.1) is 0 Å². The minimum atomic E-state index is -3.54. The normalized spacial score (nSPS) is 19.4. The lowest BCUT2D eigenvalue weighted by Gasteiger charge is -2.26. The van der Waals surface area contributed by atoms with Crippen LogP contribution in [0.3, 0.4) is 0 Å². The number of carbonyl (C=O) groups excluding carboxylic acids is 1. The fourth-order valence-corrected chi connectivity index (χ4v) is 5.27. The first-order valence-electron chi connectivity index (χ1n) is 9.60. The molecule has 0 unspecified atom stereocenters. The van der Waals surface area contributed by atoms with E-state index in [0.29, 0.717) is 31.1 Å². The maximum Gasteiger partial charge on any atom is 0.243 e. The van der Waals surface area contributed by atoms with Gasteiger partial charge in [0.2, 0.25) is 15.9 Å². The zero-order valence-corrected chi connectivity index (χ0v) is 16.2. The minimum Gasteiger partial charge on any atom is -0.492 e. The molecule has 1 heterocycles. The van der Waals surface area contributed by atoms with Crippen LogP contribution in [-0.2, 0) is 14.8 Å². The first kappa shape index (κ1) is 19.2. The molecule has 0 spiro atoms. The molecule has 0 atom stereocenters. The molecule has 0 radical (unpaired) electrons. The standard InChI is InChI=1S/C19H28N2O4S/c1-2-25-18-11-10-16(26(23,24)21-12-6-3-7-13-21)14-17(18)20-19(22)15-8-4-5-9-15/h10-11,14-15H,2-9,12-13H2,1H3,(H,20,22). The van der Waals surface area contributed by atoms with Gasteiger partial charge in [-0.05, 0) is 50.8 Å². The predicted molar refractivity (Wildman–Crippen MR) is 101 cm³/mol. The van der Waals surface area contributed by atoms with Crippen molar-refractivity contribution in [3.05, 3.63) is 18.2 Å². The molecule has 144 valence electrons. The van der Waals surface area contributed by atoms with Crippen molar-refractivity contribution < 1.29 is 17.9 Å². The Hall–Kier alpha value is -1.60. The minimum absolute atomic E-state index is 0.00633. The zero-order chi connectivity index (χ0) is 18.6. The highest BCUT2D eigenvalue weighted by Gasteiger charge is 2.28. The number of amides is 1. The van der Waals surface area contributed by atoms with Crippen molar-refractivity contribution in [2.75, 3.05) is 25.0 Å². The summed E-state index contributed by atoms with van der Waals surface area (Å²) < 4.78 is 33.0. The number of anilines is 1. The molecule has 0 bridgehead atoms. The van der Waals surface area contributed by atoms with Crippen LogP contribution in [-0.4, -0.2) is 38.3 Å². The maximum absolute atomic E-state index is 12.9. The number of rotatable bonds is 6. The van der Waals surface area contributed by atoms with Crippen LogP contribution in [0.5, 0.6) is 5.75 Å². The van der Waals surface area contributed by atoms with Gasteiger partial charge in [-0.2, -0.15) is 4.31 Å². The second kappa shape index (κ2) is 8.39. The number of benzene rings is 1. The Bertz CT molecular complexity index is 736. The molecule has 1 aliphatic heterocycles. The van der Waals surface area contributed by atoms with E-state index in [0.717, 1.165) is 44.9 Å². The molecule has 1 aliphatic carbocycles. The Balaban J connectivity index is 1.86. The van der Waals surface area contributed by atoms with Gasteiger partial charge in [-0.1, -0.05) is 19.3 Å². The second-order valence-corrected chi connectivity index (χ2v) is 8.96. The van der Waals surface area contributed by atoms with Crippen LogP contribution in [0.2, 0.25) is 0 Å². The molecule has 1 saturated heterocycles. The average Bonchev–Trinajstić information content (AvgIpc) is 3.19. The van der Waals surface area contributed by atoms with Crippen LogP contribution in [0.4, 0.5) is 5.69 Å². The monoisotopic (exact) mass is 380 g/mol. The highest BCUT2D eigenvalue weighted by molar-refractivity contribution is 7.89. The van der Waals surface area contributed by atoms with E-state index in [4.69, 9.17) is 4.74 Å². The number of hydrogen-bond acceptors (Lipinski definition) is 4. The van der Waals surface area contributed by atoms with Crippen LogP contribution in [0, 0.1) is 5.92 Å². The van der Waals surface area contributed by atoms with E-state index in [-0.39, 0.29) is 16.7 Å². The number of carbonyl (C=O) groups is 1. The molecule has 2 aliphatic rings. The Kier molecular flexibility index (Phi) is 6.19. The molecular weight excluding hydrogens is 352 g/mol. The largest absolute Gasteiger partial charge is 0.492 e. The predicted octanol–water partition coefficient (Wildman–Crippen LogP) is 3.39. The maximum atomic E-state index is 12.9. The summed E-state index contributed by atoms with van der Waals surface area (Å²) >= 11 is 0. The third-order valence-corrected chi connectivity index (χ3v) is 7.08. The summed E-state index contributed by atoms with van der Waals surface area (Å²) in [5, 5.41) is 2.91. The topological polar surface area (TPSA) is 75.7 Å². The summed E-state index contributed by atoms with van der Waals surface area (Å²) in [6, 6.07) is 4.76. The quantitative estimate of drug-likeness (QED) is 0.821. The Morgan fingerprint density at radius 3 is 2.50 bits per heavy atom. The summed E-state index contributed by atoms with van der Waals surface area (Å²) in [5.41, 5.74) is 0.446. The Morgan fingerprint density at radius 1 is 1.15 bits per heavy atom. The molecule has 2 fully saturated rings. The van der Waals surface area contributed by atoms with Crippen LogP contribution in [0.1, 0.15) is 51.9 Å². The van der Waals surface area contributed by atoms with Gasteiger partial charge in [0.1, 0.15) is 5.75 Å². The van der Waals surface area contributed by atoms with E-state index in [1.54, 1.807) is 18.2 Å². The fourth-order valence-electron chi connectivity index (χ4n) is 3.73. The van der Waals surface area contributed by atoms with E-state index >= 15 is 0 Å². The molecule has 1 aromatic carbocycles. The molecule has 0 aromatic heterocycles. The summed E-state index contributed by atoms with van der Waals surface area (Å²) in [7, 11) is -3.54. The number of nitrogens with one attached hydrogen (secondary N) is 1. The lowest BCUT2D eigenvalue weighted by molar-refractivity contribution is -0.119. The van der Waals surface area contributed by atoms with Crippen molar-refractivity contribution in [3.8, 4) is 5.75 Å². The van der Waals surface area contributed by atoms with Gasteiger partial charge in [0, 0.05) is 19.0 Å². The van der Waals surface area contributed by atoms with Gasteiger partial charge in [0.05, 0.1) is 17.2 Å². The van der Waals surface area contributed by atoms with Gasteiger partial charge in [-0.3, -0.25) is 4.79 Å². The van der Waals surface area contributed by atoms with E-state index < -0.39 is 10.0 Å². The lowest BCUT2D eigenvalue weighted by atomic mass is 10.1. The van der Waals surface area contributed by atoms with Crippen LogP contribution >= 0.6 is 0 Å². The summed E-state index contributed by atoms with van der Waals surface area (Å²) in [6.45, 7) is 3.42. The Morgan fingerprint density at radius 2 is 1.85 bits per heavy atom. The first-order valence-corrected chi connectivity index (χ1v) is 11.0. The van der Waals surface area contributed by atoms with Crippen LogP contribution in [0.15, 0.2) is 23.1 Å². The molecule has 1 amide bonds. The van der Waals surface area contributed by atoms with Crippen LogP contribution < -0.4 is 10.1 Å². The highest BCUT2D eigenvalue weighted by Crippen LogP contribution is 2.32. The van der Waals surface area contributed by atoms with Crippen molar-refractivity contribution in [3.63, 3.8) is 0 Å². The van der Waals surface area contributed by atoms with Gasteiger partial charge in [-0.25, -0.2) is 8.42 Å². The Labute approximate surface area is 156 Å². The van der Waals surface area contributed by atoms with E-state index in [1.807, 2.05) is 6.92 Å². The number of hydrogen-bond donors (Lipinski definition) is 1. The number of sulfonamides is 1. The van der Waals surface area contributed by atoms with Crippen molar-refractivity contribution in [1.82, 2.24) is 4.31 Å². The third-order valence-electron chi connectivity index (χ3n) is 5.19. The average molecular weight is 381 g/mol. The smallest absolute Gasteiger partial charge is 0.243 e.